The molecule has 8 nitrogen and oxygen atoms in total. The fourth-order valence-electron chi connectivity index (χ4n) is 4.30. The zero-order valence-electron chi connectivity index (χ0n) is 18.2. The first kappa shape index (κ1) is 23.6. The molecule has 1 aromatic carbocycles. The number of hydrogen-bond acceptors (Lipinski definition) is 6. The van der Waals surface area contributed by atoms with Gasteiger partial charge in [-0.15, -0.1) is 12.4 Å². The third-order valence-electron chi connectivity index (χ3n) is 6.04. The number of H-pyrrole nitrogens is 1. The predicted octanol–water partition coefficient (Wildman–Crippen LogP) is 3.35. The lowest BCUT2D eigenvalue weighted by atomic mass is 9.98. The molecule has 0 spiro atoms. The minimum atomic E-state index is -0.226. The standard InChI is InChI=1S/C23H24N4O4S.ClH/c1-14(19-9-16(10-24-19)11-26-4-6-31-7-5-26)21-17-8-15(2-3-18(17)25-22(21)29)12-27-20(28)13-32-23(27)30;/h2-3,8-10,24H,4-7,11-13H2,1H3,(H,25,29);1H/b21-14+;. The second kappa shape index (κ2) is 9.72. The molecule has 3 aliphatic heterocycles. The van der Waals surface area contributed by atoms with Gasteiger partial charge in [0.1, 0.15) is 0 Å². The second-order valence-electron chi connectivity index (χ2n) is 8.18. The molecule has 0 bridgehead atoms. The Labute approximate surface area is 202 Å². The molecular formula is C23H25ClN4O4S. The molecule has 0 saturated carbocycles. The van der Waals surface area contributed by atoms with Gasteiger partial charge in [-0.2, -0.15) is 0 Å². The average Bonchev–Trinajstić information content (AvgIpc) is 3.47. The summed E-state index contributed by atoms with van der Waals surface area (Å²) < 4.78 is 5.41. The molecule has 33 heavy (non-hydrogen) atoms. The summed E-state index contributed by atoms with van der Waals surface area (Å²) in [4.78, 5) is 43.7. The van der Waals surface area contributed by atoms with Crippen molar-refractivity contribution in [1.29, 1.82) is 0 Å². The van der Waals surface area contributed by atoms with Crippen LogP contribution in [0.4, 0.5) is 10.5 Å². The number of morpholine rings is 1. The van der Waals surface area contributed by atoms with Crippen molar-refractivity contribution in [2.24, 2.45) is 0 Å². The molecule has 0 atom stereocenters. The minimum absolute atomic E-state index is 0. The largest absolute Gasteiger partial charge is 0.379 e. The molecule has 1 aromatic heterocycles. The molecule has 0 unspecified atom stereocenters. The van der Waals surface area contributed by atoms with E-state index in [9.17, 15) is 14.4 Å². The summed E-state index contributed by atoms with van der Waals surface area (Å²) in [7, 11) is 0. The topological polar surface area (TPSA) is 94.7 Å². The van der Waals surface area contributed by atoms with Crippen molar-refractivity contribution >= 4 is 58.1 Å². The van der Waals surface area contributed by atoms with Crippen LogP contribution in [0, 0.1) is 0 Å². The molecule has 0 radical (unpaired) electrons. The van der Waals surface area contributed by atoms with Crippen LogP contribution < -0.4 is 5.32 Å². The van der Waals surface area contributed by atoms with Crippen LogP contribution >= 0.6 is 24.2 Å². The van der Waals surface area contributed by atoms with Gasteiger partial charge in [-0.25, -0.2) is 0 Å². The van der Waals surface area contributed by atoms with Gasteiger partial charge in [0.25, 0.3) is 11.1 Å². The van der Waals surface area contributed by atoms with E-state index in [0.717, 1.165) is 78.3 Å². The lowest BCUT2D eigenvalue weighted by Crippen LogP contribution is -2.35. The van der Waals surface area contributed by atoms with E-state index in [4.69, 9.17) is 4.74 Å². The zero-order valence-corrected chi connectivity index (χ0v) is 19.8. The van der Waals surface area contributed by atoms with Crippen LogP contribution in [0.15, 0.2) is 30.5 Å². The number of allylic oxidation sites excluding steroid dienone is 1. The van der Waals surface area contributed by atoms with Crippen molar-refractivity contribution in [3.8, 4) is 0 Å². The number of aromatic nitrogens is 1. The van der Waals surface area contributed by atoms with Gasteiger partial charge in [0, 0.05) is 42.8 Å². The third-order valence-corrected chi connectivity index (χ3v) is 6.90. The number of thioether (sulfide) groups is 1. The second-order valence-corrected chi connectivity index (χ2v) is 9.11. The normalized spacial score (nSPS) is 20.0. The number of nitrogens with one attached hydrogen (secondary N) is 2. The lowest BCUT2D eigenvalue weighted by Gasteiger charge is -2.25. The van der Waals surface area contributed by atoms with Crippen LogP contribution in [0.25, 0.3) is 11.1 Å². The summed E-state index contributed by atoms with van der Waals surface area (Å²) >= 11 is 1.02. The van der Waals surface area contributed by atoms with Gasteiger partial charge in [-0.05, 0) is 41.8 Å². The van der Waals surface area contributed by atoms with Gasteiger partial charge in [0.05, 0.1) is 31.1 Å². The maximum Gasteiger partial charge on any atom is 0.289 e. The minimum Gasteiger partial charge on any atom is -0.379 e. The van der Waals surface area contributed by atoms with E-state index in [1.807, 2.05) is 31.3 Å². The summed E-state index contributed by atoms with van der Waals surface area (Å²) in [5.41, 5.74) is 5.87. The molecule has 2 N–H and O–H groups in total. The summed E-state index contributed by atoms with van der Waals surface area (Å²) in [5.74, 6) is -0.142. The quantitative estimate of drug-likeness (QED) is 0.627. The molecule has 10 heteroatoms. The van der Waals surface area contributed by atoms with Gasteiger partial charge >= 0.3 is 0 Å². The monoisotopic (exact) mass is 488 g/mol. The molecule has 5 rings (SSSR count). The highest BCUT2D eigenvalue weighted by Gasteiger charge is 2.31. The fraction of sp³-hybridized carbons (Fsp3) is 0.348. The summed E-state index contributed by atoms with van der Waals surface area (Å²) in [6.07, 6.45) is 1.99. The van der Waals surface area contributed by atoms with Crippen LogP contribution in [0.2, 0.25) is 0 Å². The number of nitrogens with zero attached hydrogens (tertiary/aromatic N) is 2. The Morgan fingerprint density at radius 2 is 1.88 bits per heavy atom. The number of imide groups is 1. The van der Waals surface area contributed by atoms with Gasteiger partial charge in [-0.3, -0.25) is 24.2 Å². The van der Waals surface area contributed by atoms with Crippen molar-refractivity contribution in [2.45, 2.75) is 20.0 Å². The highest BCUT2D eigenvalue weighted by molar-refractivity contribution is 8.14. The van der Waals surface area contributed by atoms with Crippen molar-refractivity contribution in [3.63, 3.8) is 0 Å². The number of anilines is 1. The number of aromatic amines is 1. The summed E-state index contributed by atoms with van der Waals surface area (Å²) in [6, 6.07) is 7.66. The number of carbonyl (C=O) groups is 3. The van der Waals surface area contributed by atoms with E-state index in [2.05, 4.69) is 21.3 Å². The van der Waals surface area contributed by atoms with Gasteiger partial charge in [0.15, 0.2) is 0 Å². The van der Waals surface area contributed by atoms with Crippen LogP contribution in [-0.2, 0) is 27.4 Å². The van der Waals surface area contributed by atoms with E-state index in [-0.39, 0.29) is 41.8 Å². The molecule has 3 aliphatic rings. The number of ether oxygens (including phenoxy) is 1. The van der Waals surface area contributed by atoms with E-state index in [0.29, 0.717) is 5.57 Å². The van der Waals surface area contributed by atoms with Crippen LogP contribution in [0.5, 0.6) is 0 Å². The fourth-order valence-corrected chi connectivity index (χ4v) is 5.03. The Balaban J connectivity index is 0.00000259. The number of rotatable bonds is 5. The first-order valence-corrected chi connectivity index (χ1v) is 11.6. The van der Waals surface area contributed by atoms with Gasteiger partial charge in [0.2, 0.25) is 5.91 Å². The Morgan fingerprint density at radius 3 is 2.61 bits per heavy atom. The predicted molar refractivity (Wildman–Crippen MR) is 130 cm³/mol. The van der Waals surface area contributed by atoms with Crippen molar-refractivity contribution in [1.82, 2.24) is 14.8 Å². The number of amides is 3. The smallest absolute Gasteiger partial charge is 0.289 e. The molecular weight excluding hydrogens is 464 g/mol. The summed E-state index contributed by atoms with van der Waals surface area (Å²) in [5, 5.41) is 2.70. The molecule has 174 valence electrons. The summed E-state index contributed by atoms with van der Waals surface area (Å²) in [6.45, 7) is 6.33. The Hall–Kier alpha value is -2.59. The van der Waals surface area contributed by atoms with E-state index in [1.54, 1.807) is 0 Å². The van der Waals surface area contributed by atoms with Gasteiger partial charge in [-0.1, -0.05) is 17.8 Å². The molecule has 2 fully saturated rings. The molecule has 2 saturated heterocycles. The average molecular weight is 489 g/mol. The van der Waals surface area contributed by atoms with E-state index >= 15 is 0 Å². The molecule has 2 aromatic rings. The lowest BCUT2D eigenvalue weighted by molar-refractivity contribution is -0.125. The molecule has 3 amide bonds. The van der Waals surface area contributed by atoms with Crippen LogP contribution in [0.3, 0.4) is 0 Å². The first-order chi connectivity index (χ1) is 15.5. The Bertz CT molecular complexity index is 1120. The van der Waals surface area contributed by atoms with Crippen LogP contribution in [0.1, 0.15) is 29.3 Å². The third kappa shape index (κ3) is 4.72. The maximum atomic E-state index is 12.8. The SMILES string of the molecule is C/C(=C1\C(=O)Nc2ccc(CN3C(=O)CSC3=O)cc21)c1cc(CN2CCOCC2)c[nH]1.Cl. The highest BCUT2D eigenvalue weighted by atomic mass is 35.5. The van der Waals surface area contributed by atoms with Crippen molar-refractivity contribution in [2.75, 3.05) is 37.4 Å². The first-order valence-electron chi connectivity index (χ1n) is 10.6. The zero-order chi connectivity index (χ0) is 22.2. The van der Waals surface area contributed by atoms with Crippen molar-refractivity contribution in [3.05, 3.63) is 52.8 Å². The van der Waals surface area contributed by atoms with Gasteiger partial charge < -0.3 is 15.0 Å². The number of hydrogen-bond donors (Lipinski definition) is 2. The maximum absolute atomic E-state index is 12.8. The van der Waals surface area contributed by atoms with Crippen molar-refractivity contribution < 1.29 is 19.1 Å². The van der Waals surface area contributed by atoms with E-state index in [1.165, 1.54) is 4.90 Å². The molecule has 0 aliphatic carbocycles. The van der Waals surface area contributed by atoms with E-state index < -0.39 is 0 Å². The number of fused-ring (bicyclic) bond motifs is 1. The number of halogens is 1. The highest BCUT2D eigenvalue weighted by Crippen LogP contribution is 2.38. The molecule has 4 heterocycles. The Kier molecular flexibility index (Phi) is 6.94. The Morgan fingerprint density at radius 1 is 1.09 bits per heavy atom. The number of benzene rings is 1. The van der Waals surface area contributed by atoms with Crippen LogP contribution in [-0.4, -0.2) is 63.9 Å². The number of carbonyl (C=O) groups excluding carboxylic acids is 3.